The fourth-order valence-corrected chi connectivity index (χ4v) is 1.97. The molecule has 0 fully saturated rings. The van der Waals surface area contributed by atoms with E-state index in [2.05, 4.69) is 0 Å². The van der Waals surface area contributed by atoms with Crippen molar-refractivity contribution < 1.29 is 23.1 Å². The van der Waals surface area contributed by atoms with Crippen molar-refractivity contribution in [3.63, 3.8) is 0 Å². The molecule has 0 heterocycles. The van der Waals surface area contributed by atoms with E-state index in [1.54, 1.807) is 6.92 Å². The zero-order chi connectivity index (χ0) is 15.6. The number of hydrogen-bond donors (Lipinski definition) is 1. The van der Waals surface area contributed by atoms with Gasteiger partial charge in [-0.3, -0.25) is 0 Å². The second kappa shape index (κ2) is 5.83. The Kier molecular flexibility index (Phi) is 4.12. The van der Waals surface area contributed by atoms with E-state index in [9.17, 15) is 18.0 Å². The van der Waals surface area contributed by atoms with E-state index >= 15 is 0 Å². The van der Waals surface area contributed by atoms with Crippen LogP contribution in [0.5, 0.6) is 0 Å². The summed E-state index contributed by atoms with van der Waals surface area (Å²) in [6.45, 7) is 1.55. The van der Waals surface area contributed by atoms with E-state index in [-0.39, 0.29) is 11.1 Å². The fourth-order valence-electron chi connectivity index (χ4n) is 1.97. The van der Waals surface area contributed by atoms with Crippen LogP contribution in [-0.4, -0.2) is 11.1 Å². The van der Waals surface area contributed by atoms with Crippen molar-refractivity contribution in [1.82, 2.24) is 0 Å². The molecule has 0 aliphatic carbocycles. The van der Waals surface area contributed by atoms with E-state index in [0.29, 0.717) is 17.2 Å². The van der Waals surface area contributed by atoms with Crippen LogP contribution in [0, 0.1) is 17.5 Å². The molecule has 0 amide bonds. The predicted molar refractivity (Wildman–Crippen MR) is 73.0 cm³/mol. The van der Waals surface area contributed by atoms with Gasteiger partial charge in [0, 0.05) is 17.7 Å². The monoisotopic (exact) mass is 292 g/mol. The summed E-state index contributed by atoms with van der Waals surface area (Å²) in [5.41, 5.74) is 0.915. The van der Waals surface area contributed by atoms with Crippen LogP contribution in [0.25, 0.3) is 16.7 Å². The Labute approximate surface area is 119 Å². The summed E-state index contributed by atoms with van der Waals surface area (Å²) in [6.07, 6.45) is 0.975. The predicted octanol–water partition coefficient (Wildman–Crippen LogP) is 4.26. The summed E-state index contributed by atoms with van der Waals surface area (Å²) in [5.74, 6) is -3.40. The second-order valence-electron chi connectivity index (χ2n) is 4.52. The van der Waals surface area contributed by atoms with Gasteiger partial charge >= 0.3 is 5.97 Å². The Balaban J connectivity index is 2.56. The average molecular weight is 292 g/mol. The molecular formula is C16H11F3O2. The summed E-state index contributed by atoms with van der Waals surface area (Å²) < 4.78 is 40.3. The van der Waals surface area contributed by atoms with Gasteiger partial charge in [0.25, 0.3) is 0 Å². The summed E-state index contributed by atoms with van der Waals surface area (Å²) in [7, 11) is 0. The van der Waals surface area contributed by atoms with Crippen molar-refractivity contribution >= 4 is 11.5 Å². The lowest BCUT2D eigenvalue weighted by Gasteiger charge is -2.08. The highest BCUT2D eigenvalue weighted by molar-refractivity contribution is 5.90. The van der Waals surface area contributed by atoms with Gasteiger partial charge in [0.2, 0.25) is 0 Å². The summed E-state index contributed by atoms with van der Waals surface area (Å²) >= 11 is 0. The molecule has 0 unspecified atom stereocenters. The number of benzene rings is 2. The van der Waals surface area contributed by atoms with E-state index in [4.69, 9.17) is 5.11 Å². The lowest BCUT2D eigenvalue weighted by molar-refractivity contribution is -0.131. The van der Waals surface area contributed by atoms with Crippen LogP contribution in [-0.2, 0) is 4.79 Å². The van der Waals surface area contributed by atoms with E-state index < -0.39 is 23.4 Å². The summed E-state index contributed by atoms with van der Waals surface area (Å²) in [4.78, 5) is 10.6. The largest absolute Gasteiger partial charge is 0.478 e. The van der Waals surface area contributed by atoms with Crippen LogP contribution in [0.2, 0.25) is 0 Å². The molecule has 1 N–H and O–H groups in total. The maximum absolute atomic E-state index is 13.9. The first-order valence-corrected chi connectivity index (χ1v) is 6.04. The van der Waals surface area contributed by atoms with Gasteiger partial charge in [-0.2, -0.15) is 0 Å². The average Bonchev–Trinajstić information content (AvgIpc) is 2.37. The summed E-state index contributed by atoms with van der Waals surface area (Å²) in [5, 5.41) is 8.71. The first kappa shape index (κ1) is 14.8. The van der Waals surface area contributed by atoms with Crippen molar-refractivity contribution in [2.75, 3.05) is 0 Å². The summed E-state index contributed by atoms with van der Waals surface area (Å²) in [6, 6.07) is 6.62. The van der Waals surface area contributed by atoms with Crippen LogP contribution in [0.1, 0.15) is 12.5 Å². The molecule has 0 saturated carbocycles. The Morgan fingerprint density at radius 1 is 1.05 bits per heavy atom. The van der Waals surface area contributed by atoms with Crippen molar-refractivity contribution in [1.29, 1.82) is 0 Å². The van der Waals surface area contributed by atoms with Crippen LogP contribution in [0.15, 0.2) is 42.5 Å². The minimum absolute atomic E-state index is 0.00374. The molecule has 2 aromatic rings. The van der Waals surface area contributed by atoms with Crippen LogP contribution >= 0.6 is 0 Å². The third kappa shape index (κ3) is 3.51. The molecule has 0 bridgehead atoms. The minimum Gasteiger partial charge on any atom is -0.478 e. The zero-order valence-corrected chi connectivity index (χ0v) is 11.0. The first-order chi connectivity index (χ1) is 9.86. The molecule has 0 spiro atoms. The zero-order valence-electron chi connectivity index (χ0n) is 11.0. The number of carbonyl (C=O) groups is 1. The first-order valence-electron chi connectivity index (χ1n) is 6.04. The third-order valence-electron chi connectivity index (χ3n) is 2.94. The molecular weight excluding hydrogens is 281 g/mol. The highest BCUT2D eigenvalue weighted by Crippen LogP contribution is 2.28. The molecule has 108 valence electrons. The van der Waals surface area contributed by atoms with Gasteiger partial charge in [-0.25, -0.2) is 18.0 Å². The fraction of sp³-hybridized carbons (Fsp3) is 0.0625. The van der Waals surface area contributed by atoms with Gasteiger partial charge in [-0.15, -0.1) is 0 Å². The number of halogens is 3. The lowest BCUT2D eigenvalue weighted by atomic mass is 9.99. The molecule has 0 aliphatic heterocycles. The molecule has 21 heavy (non-hydrogen) atoms. The molecule has 2 nitrogen and oxygen atoms in total. The maximum atomic E-state index is 13.9. The van der Waals surface area contributed by atoms with Crippen molar-refractivity contribution in [3.05, 3.63) is 65.5 Å². The van der Waals surface area contributed by atoms with Gasteiger partial charge in [-0.05, 0) is 47.9 Å². The van der Waals surface area contributed by atoms with E-state index in [1.807, 2.05) is 0 Å². The number of carboxylic acids is 1. The molecule has 0 saturated heterocycles. The van der Waals surface area contributed by atoms with Gasteiger partial charge in [0.15, 0.2) is 0 Å². The van der Waals surface area contributed by atoms with Crippen molar-refractivity contribution in [3.8, 4) is 11.1 Å². The number of carboxylic acid groups (broad SMARTS) is 1. The smallest absolute Gasteiger partial charge is 0.328 e. The quantitative estimate of drug-likeness (QED) is 0.858. The highest BCUT2D eigenvalue weighted by atomic mass is 19.1. The third-order valence-corrected chi connectivity index (χ3v) is 2.94. The standard InChI is InChI=1S/C16H11F3O2/c1-9(4-16(20)21)10-2-3-15(19)14(7-10)11-5-12(17)8-13(18)6-11/h2-8H,1H3,(H,20,21)/b9-4+. The Bertz CT molecular complexity index is 716. The Morgan fingerprint density at radius 3 is 2.24 bits per heavy atom. The Hall–Kier alpha value is -2.56. The molecule has 5 heteroatoms. The molecule has 0 radical (unpaired) electrons. The van der Waals surface area contributed by atoms with Crippen LogP contribution < -0.4 is 0 Å². The minimum atomic E-state index is -1.13. The highest BCUT2D eigenvalue weighted by Gasteiger charge is 2.10. The SMILES string of the molecule is C/C(=C\C(=O)O)c1ccc(F)c(-c2cc(F)cc(F)c2)c1. The van der Waals surface area contributed by atoms with Crippen molar-refractivity contribution in [2.45, 2.75) is 6.92 Å². The molecule has 0 aromatic heterocycles. The van der Waals surface area contributed by atoms with Gasteiger partial charge < -0.3 is 5.11 Å². The van der Waals surface area contributed by atoms with E-state index in [1.165, 1.54) is 12.1 Å². The topological polar surface area (TPSA) is 37.3 Å². The number of aliphatic carboxylic acids is 1. The number of hydrogen-bond acceptors (Lipinski definition) is 1. The van der Waals surface area contributed by atoms with Crippen LogP contribution in [0.4, 0.5) is 13.2 Å². The van der Waals surface area contributed by atoms with Gasteiger partial charge in [0.05, 0.1) is 0 Å². The molecule has 0 aliphatic rings. The maximum Gasteiger partial charge on any atom is 0.328 e. The second-order valence-corrected chi connectivity index (χ2v) is 4.52. The van der Waals surface area contributed by atoms with Gasteiger partial charge in [0.1, 0.15) is 17.5 Å². The molecule has 2 aromatic carbocycles. The van der Waals surface area contributed by atoms with Gasteiger partial charge in [-0.1, -0.05) is 6.07 Å². The Morgan fingerprint density at radius 2 is 1.67 bits per heavy atom. The normalized spacial score (nSPS) is 11.5. The van der Waals surface area contributed by atoms with E-state index in [0.717, 1.165) is 24.3 Å². The lowest BCUT2D eigenvalue weighted by Crippen LogP contribution is -1.93. The van der Waals surface area contributed by atoms with Crippen molar-refractivity contribution in [2.24, 2.45) is 0 Å². The molecule has 2 rings (SSSR count). The number of rotatable bonds is 3. The van der Waals surface area contributed by atoms with Crippen LogP contribution in [0.3, 0.4) is 0 Å². The molecule has 0 atom stereocenters. The number of allylic oxidation sites excluding steroid dienone is 1.